The summed E-state index contributed by atoms with van der Waals surface area (Å²) in [7, 11) is 1.71. The van der Waals surface area contributed by atoms with Crippen LogP contribution in [0.4, 0.5) is 20.3 Å². The molecule has 1 heterocycles. The first-order valence-electron chi connectivity index (χ1n) is 8.64. The standard InChI is InChI=1S/C21H19F2N3OS/c1-24-21-18(25-19(27)11-15-9-16(22)12-17(23)10-15)7-8-20(26-21)28-13-14-5-3-2-4-6-14/h2-10,12H,11,13H2,1H3,(H,24,26)(H,25,27). The molecule has 0 bridgehead atoms. The first-order valence-corrected chi connectivity index (χ1v) is 9.62. The molecule has 3 aromatic rings. The Kier molecular flexibility index (Phi) is 6.60. The van der Waals surface area contributed by atoms with Gasteiger partial charge in [0.25, 0.3) is 0 Å². The van der Waals surface area contributed by atoms with E-state index in [2.05, 4.69) is 27.8 Å². The molecule has 28 heavy (non-hydrogen) atoms. The maximum atomic E-state index is 13.3. The fraction of sp³-hybridized carbons (Fsp3) is 0.143. The molecule has 1 aromatic heterocycles. The van der Waals surface area contributed by atoms with Crippen LogP contribution < -0.4 is 10.6 Å². The molecule has 1 amide bonds. The quantitative estimate of drug-likeness (QED) is 0.556. The predicted molar refractivity (Wildman–Crippen MR) is 108 cm³/mol. The lowest BCUT2D eigenvalue weighted by Gasteiger charge is -2.12. The predicted octanol–water partition coefficient (Wildman–Crippen LogP) is 4.88. The highest BCUT2D eigenvalue weighted by Gasteiger charge is 2.11. The molecule has 0 fully saturated rings. The summed E-state index contributed by atoms with van der Waals surface area (Å²) in [5.41, 5.74) is 1.97. The Hall–Kier alpha value is -2.93. The smallest absolute Gasteiger partial charge is 0.228 e. The number of thioether (sulfide) groups is 1. The van der Waals surface area contributed by atoms with Crippen molar-refractivity contribution in [1.82, 2.24) is 4.98 Å². The van der Waals surface area contributed by atoms with Crippen molar-refractivity contribution < 1.29 is 13.6 Å². The molecule has 3 rings (SSSR count). The van der Waals surface area contributed by atoms with E-state index in [1.165, 1.54) is 5.56 Å². The Bertz CT molecular complexity index is 947. The number of aromatic nitrogens is 1. The van der Waals surface area contributed by atoms with Gasteiger partial charge in [-0.25, -0.2) is 13.8 Å². The fourth-order valence-corrected chi connectivity index (χ4v) is 3.46. The number of carbonyl (C=O) groups is 1. The van der Waals surface area contributed by atoms with Crippen molar-refractivity contribution in [3.63, 3.8) is 0 Å². The second-order valence-electron chi connectivity index (χ2n) is 6.07. The number of amides is 1. The Balaban J connectivity index is 1.65. The fourth-order valence-electron chi connectivity index (χ4n) is 2.64. The number of carbonyl (C=O) groups excluding carboxylic acids is 1. The Morgan fingerprint density at radius 3 is 2.39 bits per heavy atom. The van der Waals surface area contributed by atoms with Gasteiger partial charge in [-0.1, -0.05) is 30.3 Å². The van der Waals surface area contributed by atoms with Crippen molar-refractivity contribution in [3.05, 3.63) is 83.4 Å². The molecule has 0 aliphatic rings. The van der Waals surface area contributed by atoms with Crippen LogP contribution in [0.1, 0.15) is 11.1 Å². The number of halogens is 2. The summed E-state index contributed by atoms with van der Waals surface area (Å²) >= 11 is 1.59. The van der Waals surface area contributed by atoms with Gasteiger partial charge in [0.15, 0.2) is 5.82 Å². The van der Waals surface area contributed by atoms with Gasteiger partial charge in [0.05, 0.1) is 17.1 Å². The van der Waals surface area contributed by atoms with Crippen molar-refractivity contribution in [1.29, 1.82) is 0 Å². The normalized spacial score (nSPS) is 10.5. The van der Waals surface area contributed by atoms with E-state index >= 15 is 0 Å². The molecule has 0 aliphatic heterocycles. The lowest BCUT2D eigenvalue weighted by molar-refractivity contribution is -0.115. The average Bonchev–Trinajstić information content (AvgIpc) is 2.67. The minimum Gasteiger partial charge on any atom is -0.371 e. The van der Waals surface area contributed by atoms with Gasteiger partial charge in [-0.15, -0.1) is 11.8 Å². The molecule has 7 heteroatoms. The van der Waals surface area contributed by atoms with Crippen LogP contribution in [-0.2, 0) is 17.0 Å². The third kappa shape index (κ3) is 5.53. The summed E-state index contributed by atoms with van der Waals surface area (Å²) in [6, 6.07) is 16.7. The largest absolute Gasteiger partial charge is 0.371 e. The van der Waals surface area contributed by atoms with Crippen LogP contribution in [0.15, 0.2) is 65.7 Å². The lowest BCUT2D eigenvalue weighted by Crippen LogP contribution is -2.16. The topological polar surface area (TPSA) is 54.0 Å². The first-order chi connectivity index (χ1) is 13.5. The minimum absolute atomic E-state index is 0.137. The van der Waals surface area contributed by atoms with Gasteiger partial charge < -0.3 is 10.6 Å². The summed E-state index contributed by atoms with van der Waals surface area (Å²) in [6.45, 7) is 0. The van der Waals surface area contributed by atoms with Gasteiger partial charge in [-0.2, -0.15) is 0 Å². The molecule has 0 atom stereocenters. The van der Waals surface area contributed by atoms with Crippen molar-refractivity contribution in [2.24, 2.45) is 0 Å². The van der Waals surface area contributed by atoms with E-state index in [-0.39, 0.29) is 17.9 Å². The van der Waals surface area contributed by atoms with Gasteiger partial charge in [-0.3, -0.25) is 4.79 Å². The number of hydrogen-bond acceptors (Lipinski definition) is 4. The number of benzene rings is 2. The van der Waals surface area contributed by atoms with E-state index in [1.54, 1.807) is 24.9 Å². The molecular weight excluding hydrogens is 380 g/mol. The highest BCUT2D eigenvalue weighted by molar-refractivity contribution is 7.98. The number of nitrogens with one attached hydrogen (secondary N) is 2. The van der Waals surface area contributed by atoms with Gasteiger partial charge in [0, 0.05) is 18.9 Å². The van der Waals surface area contributed by atoms with E-state index < -0.39 is 11.6 Å². The molecular formula is C21H19F2N3OS. The van der Waals surface area contributed by atoms with Crippen LogP contribution in [0.3, 0.4) is 0 Å². The van der Waals surface area contributed by atoms with E-state index in [0.717, 1.165) is 29.0 Å². The van der Waals surface area contributed by atoms with E-state index in [1.807, 2.05) is 24.3 Å². The van der Waals surface area contributed by atoms with Gasteiger partial charge in [0.2, 0.25) is 5.91 Å². The first kappa shape index (κ1) is 19.8. The van der Waals surface area contributed by atoms with Crippen LogP contribution >= 0.6 is 11.8 Å². The summed E-state index contributed by atoms with van der Waals surface area (Å²) in [5.74, 6) is -0.487. The number of rotatable bonds is 7. The van der Waals surface area contributed by atoms with Crippen LogP contribution in [0.25, 0.3) is 0 Å². The molecule has 4 nitrogen and oxygen atoms in total. The third-order valence-corrected chi connectivity index (χ3v) is 4.90. The summed E-state index contributed by atoms with van der Waals surface area (Å²) in [4.78, 5) is 16.8. The Morgan fingerprint density at radius 2 is 1.71 bits per heavy atom. The molecule has 0 spiro atoms. The van der Waals surface area contributed by atoms with Crippen molar-refractivity contribution in [2.45, 2.75) is 17.2 Å². The molecule has 0 saturated carbocycles. The zero-order chi connectivity index (χ0) is 19.9. The van der Waals surface area contributed by atoms with E-state index in [9.17, 15) is 13.6 Å². The number of nitrogens with zero attached hydrogens (tertiary/aromatic N) is 1. The van der Waals surface area contributed by atoms with Crippen LogP contribution in [-0.4, -0.2) is 17.9 Å². The molecule has 0 aliphatic carbocycles. The minimum atomic E-state index is -0.708. The number of pyridine rings is 1. The van der Waals surface area contributed by atoms with Crippen molar-refractivity contribution in [3.8, 4) is 0 Å². The maximum Gasteiger partial charge on any atom is 0.228 e. The maximum absolute atomic E-state index is 13.3. The summed E-state index contributed by atoms with van der Waals surface area (Å²) < 4.78 is 26.5. The van der Waals surface area contributed by atoms with Gasteiger partial charge >= 0.3 is 0 Å². The lowest BCUT2D eigenvalue weighted by atomic mass is 10.1. The zero-order valence-corrected chi connectivity index (χ0v) is 16.0. The second kappa shape index (κ2) is 9.32. The Labute approximate surface area is 166 Å². The van der Waals surface area contributed by atoms with Gasteiger partial charge in [-0.05, 0) is 35.4 Å². The molecule has 2 aromatic carbocycles. The average molecular weight is 399 g/mol. The molecule has 0 saturated heterocycles. The van der Waals surface area contributed by atoms with Crippen LogP contribution in [0, 0.1) is 11.6 Å². The highest BCUT2D eigenvalue weighted by Crippen LogP contribution is 2.27. The molecule has 144 valence electrons. The number of anilines is 2. The molecule has 0 unspecified atom stereocenters. The van der Waals surface area contributed by atoms with E-state index in [0.29, 0.717) is 11.5 Å². The Morgan fingerprint density at radius 1 is 1.00 bits per heavy atom. The van der Waals surface area contributed by atoms with Crippen LogP contribution in [0.5, 0.6) is 0 Å². The molecule has 0 radical (unpaired) electrons. The SMILES string of the molecule is CNc1nc(SCc2ccccc2)ccc1NC(=O)Cc1cc(F)cc(F)c1. The van der Waals surface area contributed by atoms with Crippen molar-refractivity contribution >= 4 is 29.2 Å². The van der Waals surface area contributed by atoms with Crippen LogP contribution in [0.2, 0.25) is 0 Å². The summed E-state index contributed by atoms with van der Waals surface area (Å²) in [6.07, 6.45) is -0.137. The van der Waals surface area contributed by atoms with E-state index in [4.69, 9.17) is 0 Å². The zero-order valence-electron chi connectivity index (χ0n) is 15.2. The third-order valence-electron chi connectivity index (χ3n) is 3.90. The van der Waals surface area contributed by atoms with Crippen molar-refractivity contribution in [2.75, 3.05) is 17.7 Å². The van der Waals surface area contributed by atoms with Gasteiger partial charge in [0.1, 0.15) is 11.6 Å². The molecule has 2 N–H and O–H groups in total. The monoisotopic (exact) mass is 399 g/mol. The second-order valence-corrected chi connectivity index (χ2v) is 7.07. The summed E-state index contributed by atoms with van der Waals surface area (Å²) in [5, 5.41) is 6.51. The highest BCUT2D eigenvalue weighted by atomic mass is 32.2. The number of hydrogen-bond donors (Lipinski definition) is 2.